The van der Waals surface area contributed by atoms with E-state index in [1.165, 1.54) is 34.8 Å². The summed E-state index contributed by atoms with van der Waals surface area (Å²) in [5.41, 5.74) is 4.35. The van der Waals surface area contributed by atoms with E-state index in [9.17, 15) is 0 Å². The molecule has 3 N–H and O–H groups in total. The average molecular weight is 344 g/mol. The molecule has 0 aliphatic heterocycles. The molecule has 0 saturated heterocycles. The van der Waals surface area contributed by atoms with E-state index in [2.05, 4.69) is 59.2 Å². The van der Waals surface area contributed by atoms with E-state index in [1.807, 2.05) is 0 Å². The fourth-order valence-corrected chi connectivity index (χ4v) is 3.32. The van der Waals surface area contributed by atoms with Gasteiger partial charge >= 0.3 is 0 Å². The maximum absolute atomic E-state index is 5.77. The van der Waals surface area contributed by atoms with Crippen LogP contribution in [0.2, 0.25) is 0 Å². The smallest absolute Gasteiger partial charge is 0.0488 e. The first-order chi connectivity index (χ1) is 8.20. The Morgan fingerprint density at radius 2 is 2.00 bits per heavy atom. The van der Waals surface area contributed by atoms with Gasteiger partial charge in [-0.05, 0) is 65.0 Å². The van der Waals surface area contributed by atoms with Crippen molar-refractivity contribution in [3.8, 4) is 0 Å². The van der Waals surface area contributed by atoms with Crippen LogP contribution in [0.3, 0.4) is 0 Å². The van der Waals surface area contributed by atoms with E-state index >= 15 is 0 Å². The molecule has 17 heavy (non-hydrogen) atoms. The minimum atomic E-state index is 0.315. The second-order valence-electron chi connectivity index (χ2n) is 5.23. The van der Waals surface area contributed by atoms with Crippen LogP contribution in [0.25, 0.3) is 0 Å². The molecule has 3 heteroatoms. The van der Waals surface area contributed by atoms with Crippen molar-refractivity contribution in [3.63, 3.8) is 0 Å². The lowest BCUT2D eigenvalue weighted by Gasteiger charge is -2.33. The van der Waals surface area contributed by atoms with Gasteiger partial charge in [0, 0.05) is 9.61 Å². The molecule has 94 valence electrons. The number of benzene rings is 1. The molecule has 0 bridgehead atoms. The van der Waals surface area contributed by atoms with E-state index in [1.54, 1.807) is 0 Å². The van der Waals surface area contributed by atoms with Gasteiger partial charge in [0.2, 0.25) is 0 Å². The Hall–Kier alpha value is -0.130. The third-order valence-corrected chi connectivity index (χ3v) is 4.58. The van der Waals surface area contributed by atoms with Crippen LogP contribution in [0.4, 0.5) is 0 Å². The molecule has 2 nitrogen and oxygen atoms in total. The highest BCUT2D eigenvalue weighted by Gasteiger charge is 2.26. The van der Waals surface area contributed by atoms with Crippen LogP contribution in [0.1, 0.15) is 44.2 Å². The predicted molar refractivity (Wildman–Crippen MR) is 80.3 cm³/mol. The number of halogens is 1. The van der Waals surface area contributed by atoms with Crippen LogP contribution in [0, 0.1) is 15.4 Å². The minimum absolute atomic E-state index is 0.315. The molecular formula is C14H21IN2. The van der Waals surface area contributed by atoms with E-state index in [0.29, 0.717) is 12.0 Å². The molecular weight excluding hydrogens is 323 g/mol. The summed E-state index contributed by atoms with van der Waals surface area (Å²) in [5.74, 6) is 7.29. The lowest BCUT2D eigenvalue weighted by atomic mass is 9.77. The lowest BCUT2D eigenvalue weighted by molar-refractivity contribution is 0.224. The van der Waals surface area contributed by atoms with Gasteiger partial charge in [-0.15, -0.1) is 0 Å². The number of rotatable bonds is 3. The van der Waals surface area contributed by atoms with Gasteiger partial charge < -0.3 is 0 Å². The second kappa shape index (κ2) is 6.16. The molecule has 1 aromatic rings. The molecule has 0 heterocycles. The molecule has 1 fully saturated rings. The van der Waals surface area contributed by atoms with E-state index in [-0.39, 0.29) is 0 Å². The lowest BCUT2D eigenvalue weighted by Crippen LogP contribution is -2.35. The maximum atomic E-state index is 5.77. The summed E-state index contributed by atoms with van der Waals surface area (Å²) in [6.45, 7) is 2.35. The van der Waals surface area contributed by atoms with Crippen LogP contribution >= 0.6 is 22.6 Å². The second-order valence-corrected chi connectivity index (χ2v) is 6.47. The summed E-state index contributed by atoms with van der Waals surface area (Å²) in [7, 11) is 0. The number of nitrogens with two attached hydrogens (primary N) is 1. The number of hydrogen-bond donors (Lipinski definition) is 2. The van der Waals surface area contributed by atoms with Gasteiger partial charge in [-0.2, -0.15) is 0 Å². The summed E-state index contributed by atoms with van der Waals surface area (Å²) in [6, 6.07) is 9.03. The van der Waals surface area contributed by atoms with E-state index in [0.717, 1.165) is 5.92 Å². The molecule has 0 spiro atoms. The topological polar surface area (TPSA) is 38.0 Å². The molecule has 1 saturated carbocycles. The highest BCUT2D eigenvalue weighted by Crippen LogP contribution is 2.36. The SMILES string of the molecule is CC1CCCC(C(NN)c2ccc(I)cc2)C1. The number of nitrogens with one attached hydrogen (secondary N) is 1. The number of hydrazine groups is 1. The summed E-state index contributed by atoms with van der Waals surface area (Å²) in [5, 5.41) is 0. The molecule has 1 aliphatic rings. The van der Waals surface area contributed by atoms with Gasteiger partial charge in [0.05, 0.1) is 0 Å². The van der Waals surface area contributed by atoms with Gasteiger partial charge in [-0.25, -0.2) is 0 Å². The fraction of sp³-hybridized carbons (Fsp3) is 0.571. The monoisotopic (exact) mass is 344 g/mol. The molecule has 0 radical (unpaired) electrons. The molecule has 0 aromatic heterocycles. The van der Waals surface area contributed by atoms with Gasteiger partial charge in [0.1, 0.15) is 0 Å². The van der Waals surface area contributed by atoms with E-state index < -0.39 is 0 Å². The van der Waals surface area contributed by atoms with Crippen molar-refractivity contribution in [2.24, 2.45) is 17.7 Å². The zero-order chi connectivity index (χ0) is 12.3. The first kappa shape index (κ1) is 13.3. The first-order valence-electron chi connectivity index (χ1n) is 6.42. The molecule has 2 rings (SSSR count). The van der Waals surface area contributed by atoms with Crippen LogP contribution in [0.15, 0.2) is 24.3 Å². The zero-order valence-corrected chi connectivity index (χ0v) is 12.5. The van der Waals surface area contributed by atoms with Crippen molar-refractivity contribution >= 4 is 22.6 Å². The fourth-order valence-electron chi connectivity index (χ4n) is 2.96. The average Bonchev–Trinajstić information content (AvgIpc) is 2.33. The predicted octanol–water partition coefficient (Wildman–Crippen LogP) is 3.62. The van der Waals surface area contributed by atoms with Crippen molar-refractivity contribution in [2.45, 2.75) is 38.6 Å². The van der Waals surface area contributed by atoms with Crippen LogP contribution in [-0.4, -0.2) is 0 Å². The molecule has 0 amide bonds. The Labute approximate surface area is 117 Å². The summed E-state index contributed by atoms with van der Waals surface area (Å²) in [4.78, 5) is 0. The van der Waals surface area contributed by atoms with Gasteiger partial charge in [-0.3, -0.25) is 11.3 Å². The Morgan fingerprint density at radius 1 is 1.29 bits per heavy atom. The van der Waals surface area contributed by atoms with E-state index in [4.69, 9.17) is 5.84 Å². The third kappa shape index (κ3) is 3.42. The Morgan fingerprint density at radius 3 is 2.59 bits per heavy atom. The van der Waals surface area contributed by atoms with Crippen molar-refractivity contribution in [2.75, 3.05) is 0 Å². The Bertz CT molecular complexity index is 350. The Balaban J connectivity index is 2.12. The largest absolute Gasteiger partial charge is 0.271 e. The normalized spacial score (nSPS) is 26.8. The number of hydrogen-bond acceptors (Lipinski definition) is 2. The maximum Gasteiger partial charge on any atom is 0.0488 e. The molecule has 3 atom stereocenters. The molecule has 1 aliphatic carbocycles. The van der Waals surface area contributed by atoms with Crippen molar-refractivity contribution in [1.82, 2.24) is 5.43 Å². The molecule has 1 aromatic carbocycles. The summed E-state index contributed by atoms with van der Waals surface area (Å²) < 4.78 is 1.28. The van der Waals surface area contributed by atoms with Crippen LogP contribution in [0.5, 0.6) is 0 Å². The van der Waals surface area contributed by atoms with Crippen molar-refractivity contribution in [1.29, 1.82) is 0 Å². The molecule has 3 unspecified atom stereocenters. The van der Waals surface area contributed by atoms with Crippen LogP contribution in [-0.2, 0) is 0 Å². The van der Waals surface area contributed by atoms with Crippen molar-refractivity contribution < 1.29 is 0 Å². The Kier molecular flexibility index (Phi) is 4.82. The first-order valence-corrected chi connectivity index (χ1v) is 7.50. The standard InChI is InChI=1S/C14H21IN2/c1-10-3-2-4-12(9-10)14(17-16)11-5-7-13(15)8-6-11/h5-8,10,12,14,17H,2-4,9,16H2,1H3. The highest BCUT2D eigenvalue weighted by molar-refractivity contribution is 14.1. The quantitative estimate of drug-likeness (QED) is 0.499. The van der Waals surface area contributed by atoms with Gasteiger partial charge in [0.25, 0.3) is 0 Å². The zero-order valence-electron chi connectivity index (χ0n) is 10.3. The van der Waals surface area contributed by atoms with Crippen LogP contribution < -0.4 is 11.3 Å². The van der Waals surface area contributed by atoms with Gasteiger partial charge in [-0.1, -0.05) is 31.9 Å². The summed E-state index contributed by atoms with van der Waals surface area (Å²) in [6.07, 6.45) is 5.31. The summed E-state index contributed by atoms with van der Waals surface area (Å²) >= 11 is 2.34. The highest BCUT2D eigenvalue weighted by atomic mass is 127. The third-order valence-electron chi connectivity index (χ3n) is 3.86. The van der Waals surface area contributed by atoms with Gasteiger partial charge in [0.15, 0.2) is 0 Å². The van der Waals surface area contributed by atoms with Crippen molar-refractivity contribution in [3.05, 3.63) is 33.4 Å². The minimum Gasteiger partial charge on any atom is -0.271 e.